The van der Waals surface area contributed by atoms with Gasteiger partial charge in [0.15, 0.2) is 9.84 Å². The largest absolute Gasteiger partial charge is 0.271 e. The van der Waals surface area contributed by atoms with Crippen molar-refractivity contribution in [2.75, 3.05) is 6.26 Å². The lowest BCUT2D eigenvalue weighted by atomic mass is 10.0. The summed E-state index contributed by atoms with van der Waals surface area (Å²) >= 11 is 3.37. The van der Waals surface area contributed by atoms with Gasteiger partial charge < -0.3 is 0 Å². The van der Waals surface area contributed by atoms with E-state index in [2.05, 4.69) is 26.3 Å². The molecule has 21 heavy (non-hydrogen) atoms. The van der Waals surface area contributed by atoms with Crippen LogP contribution in [0.4, 0.5) is 0 Å². The molecule has 0 fully saturated rings. The molecule has 112 valence electrons. The van der Waals surface area contributed by atoms with Crippen molar-refractivity contribution in [3.05, 3.63) is 58.3 Å². The molecule has 1 atom stereocenters. The lowest BCUT2D eigenvalue weighted by Gasteiger charge is -2.17. The van der Waals surface area contributed by atoms with Crippen LogP contribution in [-0.2, 0) is 16.3 Å². The Labute approximate surface area is 132 Å². The van der Waals surface area contributed by atoms with E-state index in [1.807, 2.05) is 12.1 Å². The second-order valence-electron chi connectivity index (χ2n) is 4.78. The predicted octanol–water partition coefficient (Wildman–Crippen LogP) is 1.99. The summed E-state index contributed by atoms with van der Waals surface area (Å²) in [5.74, 6) is 5.62. The summed E-state index contributed by atoms with van der Waals surface area (Å²) in [6.45, 7) is 0. The van der Waals surface area contributed by atoms with E-state index >= 15 is 0 Å². The highest BCUT2D eigenvalue weighted by Crippen LogP contribution is 2.21. The van der Waals surface area contributed by atoms with Crippen molar-refractivity contribution in [2.45, 2.75) is 17.4 Å². The monoisotopic (exact) mass is 369 g/mol. The van der Waals surface area contributed by atoms with Crippen LogP contribution < -0.4 is 11.3 Å². The molecule has 7 heteroatoms. The van der Waals surface area contributed by atoms with Crippen LogP contribution in [-0.4, -0.2) is 19.7 Å². The molecule has 2 rings (SSSR count). The van der Waals surface area contributed by atoms with Crippen LogP contribution in [0.5, 0.6) is 0 Å². The van der Waals surface area contributed by atoms with Gasteiger partial charge in [-0.3, -0.25) is 16.3 Å². The van der Waals surface area contributed by atoms with Gasteiger partial charge in [0, 0.05) is 23.1 Å². The number of nitrogens with two attached hydrogens (primary N) is 1. The van der Waals surface area contributed by atoms with Crippen LogP contribution in [0.2, 0.25) is 0 Å². The fraction of sp³-hybridized carbons (Fsp3) is 0.214. The Morgan fingerprint density at radius 1 is 1.33 bits per heavy atom. The molecule has 0 aliphatic rings. The van der Waals surface area contributed by atoms with E-state index in [4.69, 9.17) is 5.84 Å². The third kappa shape index (κ3) is 4.34. The van der Waals surface area contributed by atoms with Crippen LogP contribution in [0.3, 0.4) is 0 Å². The summed E-state index contributed by atoms with van der Waals surface area (Å²) in [5.41, 5.74) is 4.54. The number of nitrogens with one attached hydrogen (secondary N) is 1. The number of hydrazine groups is 1. The first-order valence-corrected chi connectivity index (χ1v) is 8.94. The number of sulfone groups is 1. The van der Waals surface area contributed by atoms with E-state index in [1.54, 1.807) is 30.6 Å². The van der Waals surface area contributed by atoms with Gasteiger partial charge >= 0.3 is 0 Å². The smallest absolute Gasteiger partial charge is 0.175 e. The van der Waals surface area contributed by atoms with Crippen molar-refractivity contribution in [1.29, 1.82) is 0 Å². The molecule has 5 nitrogen and oxygen atoms in total. The Kier molecular flexibility index (Phi) is 5.10. The number of hydrogen-bond donors (Lipinski definition) is 2. The minimum Gasteiger partial charge on any atom is -0.271 e. The zero-order chi connectivity index (χ0) is 15.5. The topological polar surface area (TPSA) is 85.1 Å². The second-order valence-corrected chi connectivity index (χ2v) is 7.71. The molecule has 0 saturated carbocycles. The lowest BCUT2D eigenvalue weighted by molar-refractivity contribution is 0.549. The molecule has 0 bridgehead atoms. The van der Waals surface area contributed by atoms with Crippen molar-refractivity contribution in [2.24, 2.45) is 5.84 Å². The summed E-state index contributed by atoms with van der Waals surface area (Å²) in [7, 11) is -3.24. The summed E-state index contributed by atoms with van der Waals surface area (Å²) in [6, 6.07) is 8.55. The molecule has 2 aromatic rings. The Bertz CT molecular complexity index is 735. The van der Waals surface area contributed by atoms with Crippen molar-refractivity contribution < 1.29 is 8.42 Å². The van der Waals surface area contributed by atoms with Crippen LogP contribution in [0.25, 0.3) is 0 Å². The van der Waals surface area contributed by atoms with Crippen molar-refractivity contribution in [3.63, 3.8) is 0 Å². The molecule has 1 heterocycles. The number of halogens is 1. The van der Waals surface area contributed by atoms with Crippen molar-refractivity contribution in [1.82, 2.24) is 10.4 Å². The zero-order valence-corrected chi connectivity index (χ0v) is 13.9. The third-order valence-electron chi connectivity index (χ3n) is 3.09. The summed E-state index contributed by atoms with van der Waals surface area (Å²) in [5, 5.41) is 0. The van der Waals surface area contributed by atoms with E-state index < -0.39 is 9.84 Å². The molecule has 0 saturated heterocycles. The molecule has 0 aliphatic heterocycles. The minimum absolute atomic E-state index is 0.192. The van der Waals surface area contributed by atoms with Crippen LogP contribution in [0, 0.1) is 0 Å². The van der Waals surface area contributed by atoms with Gasteiger partial charge in [-0.15, -0.1) is 0 Å². The van der Waals surface area contributed by atoms with Gasteiger partial charge in [-0.2, -0.15) is 0 Å². The van der Waals surface area contributed by atoms with Gasteiger partial charge in [0.25, 0.3) is 0 Å². The molecular formula is C14H16BrN3O2S. The number of benzene rings is 1. The minimum atomic E-state index is -3.24. The molecule has 1 aromatic heterocycles. The Balaban J connectivity index is 2.29. The van der Waals surface area contributed by atoms with Gasteiger partial charge in [0.05, 0.1) is 10.9 Å². The van der Waals surface area contributed by atoms with E-state index in [0.29, 0.717) is 6.42 Å². The quantitative estimate of drug-likeness (QED) is 0.621. The maximum atomic E-state index is 11.6. The van der Waals surface area contributed by atoms with Gasteiger partial charge in [0.1, 0.15) is 0 Å². The number of rotatable bonds is 5. The first kappa shape index (κ1) is 16.1. The van der Waals surface area contributed by atoms with Crippen LogP contribution in [0.15, 0.2) is 52.1 Å². The highest BCUT2D eigenvalue weighted by Gasteiger charge is 2.14. The normalized spacial score (nSPS) is 13.1. The molecule has 1 aromatic carbocycles. The third-order valence-corrected chi connectivity index (χ3v) is 4.64. The average molecular weight is 370 g/mol. The zero-order valence-electron chi connectivity index (χ0n) is 11.5. The fourth-order valence-electron chi connectivity index (χ4n) is 2.04. The Hall–Kier alpha value is -1.28. The SMILES string of the molecule is CS(=O)(=O)c1cccc(C(Cc2cncc(Br)c2)NN)c1. The van der Waals surface area contributed by atoms with E-state index in [0.717, 1.165) is 15.6 Å². The van der Waals surface area contributed by atoms with Gasteiger partial charge in [-0.25, -0.2) is 8.42 Å². The molecule has 0 radical (unpaired) electrons. The highest BCUT2D eigenvalue weighted by molar-refractivity contribution is 9.10. The number of nitrogens with zero attached hydrogens (tertiary/aromatic N) is 1. The number of hydrogen-bond acceptors (Lipinski definition) is 5. The molecule has 0 aliphatic carbocycles. The molecule has 3 N–H and O–H groups in total. The Morgan fingerprint density at radius 3 is 2.71 bits per heavy atom. The molecule has 1 unspecified atom stereocenters. The van der Waals surface area contributed by atoms with Gasteiger partial charge in [0.2, 0.25) is 0 Å². The molecular weight excluding hydrogens is 354 g/mol. The first-order valence-electron chi connectivity index (χ1n) is 6.25. The maximum Gasteiger partial charge on any atom is 0.175 e. The Morgan fingerprint density at radius 2 is 2.10 bits per heavy atom. The van der Waals surface area contributed by atoms with Gasteiger partial charge in [-0.1, -0.05) is 12.1 Å². The summed E-state index contributed by atoms with van der Waals surface area (Å²) < 4.78 is 24.2. The van der Waals surface area contributed by atoms with Crippen molar-refractivity contribution >= 4 is 25.8 Å². The molecule has 0 spiro atoms. The highest BCUT2D eigenvalue weighted by atomic mass is 79.9. The standard InChI is InChI=1S/C14H16BrN3O2S/c1-21(19,20)13-4-2-3-11(7-13)14(18-16)6-10-5-12(15)9-17-8-10/h2-5,7-9,14,18H,6,16H2,1H3. The van der Waals surface area contributed by atoms with Crippen molar-refractivity contribution in [3.8, 4) is 0 Å². The number of pyridine rings is 1. The summed E-state index contributed by atoms with van der Waals surface area (Å²) in [4.78, 5) is 4.40. The van der Waals surface area contributed by atoms with Crippen LogP contribution in [0.1, 0.15) is 17.2 Å². The predicted molar refractivity (Wildman–Crippen MR) is 85.3 cm³/mol. The van der Waals surface area contributed by atoms with Crippen LogP contribution >= 0.6 is 15.9 Å². The average Bonchev–Trinajstić information content (AvgIpc) is 2.44. The summed E-state index contributed by atoms with van der Waals surface area (Å²) in [6.07, 6.45) is 5.26. The van der Waals surface area contributed by atoms with E-state index in [9.17, 15) is 8.42 Å². The first-order chi connectivity index (χ1) is 9.90. The number of aromatic nitrogens is 1. The van der Waals surface area contributed by atoms with E-state index in [-0.39, 0.29) is 10.9 Å². The fourth-order valence-corrected chi connectivity index (χ4v) is 3.13. The van der Waals surface area contributed by atoms with Gasteiger partial charge in [-0.05, 0) is 51.7 Å². The second kappa shape index (κ2) is 6.65. The maximum absolute atomic E-state index is 11.6. The molecule has 0 amide bonds. The van der Waals surface area contributed by atoms with E-state index in [1.165, 1.54) is 6.26 Å². The lowest BCUT2D eigenvalue weighted by Crippen LogP contribution is -2.29.